The smallest absolute Gasteiger partial charge is 0.261 e. The van der Waals surface area contributed by atoms with Gasteiger partial charge in [-0.1, -0.05) is 30.3 Å². The molecule has 2 aliphatic rings. The van der Waals surface area contributed by atoms with Gasteiger partial charge in [0.2, 0.25) is 0 Å². The standard InChI is InChI=1S/C22H22N2O4/c1-14(15-6-3-2-4-7-15)23-20(25)16-9-10-18-19(12-16)22(27)24(21(18)26)13-17-8-5-11-28-17/h2-4,6-7,9-10,12,14,17H,5,8,11,13H2,1H3,(H,23,25)/t14-,17+/m0/s1. The molecule has 6 nitrogen and oxygen atoms in total. The average molecular weight is 378 g/mol. The Hall–Kier alpha value is -2.99. The van der Waals surface area contributed by atoms with Crippen molar-refractivity contribution in [3.05, 3.63) is 70.8 Å². The number of carbonyl (C=O) groups excluding carboxylic acids is 3. The molecule has 2 aromatic rings. The minimum absolute atomic E-state index is 0.100. The fourth-order valence-electron chi connectivity index (χ4n) is 3.69. The Morgan fingerprint density at radius 2 is 1.89 bits per heavy atom. The molecule has 6 heteroatoms. The molecule has 28 heavy (non-hydrogen) atoms. The van der Waals surface area contributed by atoms with Crippen molar-refractivity contribution >= 4 is 17.7 Å². The monoisotopic (exact) mass is 378 g/mol. The molecule has 2 aliphatic heterocycles. The number of benzene rings is 2. The van der Waals surface area contributed by atoms with E-state index in [4.69, 9.17) is 4.74 Å². The van der Waals surface area contributed by atoms with Gasteiger partial charge >= 0.3 is 0 Å². The summed E-state index contributed by atoms with van der Waals surface area (Å²) in [5.74, 6) is -0.960. The van der Waals surface area contributed by atoms with Crippen LogP contribution in [0.3, 0.4) is 0 Å². The molecular weight excluding hydrogens is 356 g/mol. The number of amides is 3. The maximum atomic E-state index is 12.7. The van der Waals surface area contributed by atoms with Gasteiger partial charge in [0.05, 0.1) is 29.8 Å². The van der Waals surface area contributed by atoms with E-state index in [-0.39, 0.29) is 42.0 Å². The summed E-state index contributed by atoms with van der Waals surface area (Å²) >= 11 is 0. The van der Waals surface area contributed by atoms with Crippen molar-refractivity contribution in [1.82, 2.24) is 10.2 Å². The Morgan fingerprint density at radius 3 is 2.61 bits per heavy atom. The zero-order valence-electron chi connectivity index (χ0n) is 15.7. The molecule has 1 N–H and O–H groups in total. The molecule has 2 heterocycles. The van der Waals surface area contributed by atoms with Crippen LogP contribution in [0.1, 0.15) is 62.4 Å². The molecule has 0 aliphatic carbocycles. The van der Waals surface area contributed by atoms with Crippen LogP contribution < -0.4 is 5.32 Å². The summed E-state index contributed by atoms with van der Waals surface area (Å²) < 4.78 is 5.55. The van der Waals surface area contributed by atoms with E-state index in [0.29, 0.717) is 17.7 Å². The van der Waals surface area contributed by atoms with Crippen molar-refractivity contribution < 1.29 is 19.1 Å². The van der Waals surface area contributed by atoms with Crippen LogP contribution in [0.25, 0.3) is 0 Å². The molecule has 1 fully saturated rings. The third-order valence-corrected chi connectivity index (χ3v) is 5.29. The average Bonchev–Trinajstić information content (AvgIpc) is 3.31. The maximum Gasteiger partial charge on any atom is 0.261 e. The molecule has 3 amide bonds. The highest BCUT2D eigenvalue weighted by molar-refractivity contribution is 6.22. The quantitative estimate of drug-likeness (QED) is 0.812. The summed E-state index contributed by atoms with van der Waals surface area (Å²) in [6.07, 6.45) is 1.69. The van der Waals surface area contributed by atoms with Gasteiger partial charge in [-0.25, -0.2) is 0 Å². The van der Waals surface area contributed by atoms with E-state index in [0.717, 1.165) is 18.4 Å². The molecule has 4 rings (SSSR count). The van der Waals surface area contributed by atoms with Crippen LogP contribution in [0.15, 0.2) is 48.5 Å². The minimum atomic E-state index is -0.360. The number of hydrogen-bond donors (Lipinski definition) is 1. The van der Waals surface area contributed by atoms with Gasteiger partial charge in [0.1, 0.15) is 0 Å². The first kappa shape index (κ1) is 18.4. The van der Waals surface area contributed by atoms with E-state index in [1.54, 1.807) is 12.1 Å². The number of nitrogens with zero attached hydrogens (tertiary/aromatic N) is 1. The summed E-state index contributed by atoms with van der Waals surface area (Å²) in [7, 11) is 0. The van der Waals surface area contributed by atoms with E-state index < -0.39 is 0 Å². The van der Waals surface area contributed by atoms with E-state index in [9.17, 15) is 14.4 Å². The van der Waals surface area contributed by atoms with Crippen LogP contribution >= 0.6 is 0 Å². The Labute approximate surface area is 163 Å². The van der Waals surface area contributed by atoms with Crippen molar-refractivity contribution in [2.75, 3.05) is 13.2 Å². The van der Waals surface area contributed by atoms with Crippen molar-refractivity contribution in [2.45, 2.75) is 31.9 Å². The molecule has 0 unspecified atom stereocenters. The number of nitrogens with one attached hydrogen (secondary N) is 1. The largest absolute Gasteiger partial charge is 0.376 e. The van der Waals surface area contributed by atoms with Crippen molar-refractivity contribution in [3.63, 3.8) is 0 Å². The maximum absolute atomic E-state index is 12.7. The van der Waals surface area contributed by atoms with E-state index in [2.05, 4.69) is 5.32 Å². The van der Waals surface area contributed by atoms with Gasteiger partial charge < -0.3 is 10.1 Å². The molecule has 0 bridgehead atoms. The molecule has 2 atom stereocenters. The molecule has 144 valence electrons. The third kappa shape index (κ3) is 3.43. The Kier molecular flexibility index (Phi) is 4.96. The van der Waals surface area contributed by atoms with Crippen LogP contribution in [0.4, 0.5) is 0 Å². The number of hydrogen-bond acceptors (Lipinski definition) is 4. The van der Waals surface area contributed by atoms with Gasteiger partial charge in [-0.05, 0) is 43.5 Å². The molecule has 0 aromatic heterocycles. The first-order valence-electron chi connectivity index (χ1n) is 9.52. The van der Waals surface area contributed by atoms with Gasteiger partial charge in [0.15, 0.2) is 0 Å². The van der Waals surface area contributed by atoms with Gasteiger partial charge in [-0.3, -0.25) is 19.3 Å². The van der Waals surface area contributed by atoms with Crippen LogP contribution in [0.2, 0.25) is 0 Å². The van der Waals surface area contributed by atoms with Gasteiger partial charge in [-0.2, -0.15) is 0 Å². The zero-order valence-corrected chi connectivity index (χ0v) is 15.7. The predicted octanol–water partition coefficient (Wildman–Crippen LogP) is 2.95. The highest BCUT2D eigenvalue weighted by Gasteiger charge is 2.38. The molecule has 0 spiro atoms. The van der Waals surface area contributed by atoms with Crippen LogP contribution in [-0.2, 0) is 4.74 Å². The lowest BCUT2D eigenvalue weighted by atomic mass is 10.0. The second-order valence-electron chi connectivity index (χ2n) is 7.22. The first-order chi connectivity index (χ1) is 13.5. The lowest BCUT2D eigenvalue weighted by Crippen LogP contribution is -2.36. The van der Waals surface area contributed by atoms with Crippen LogP contribution in [-0.4, -0.2) is 41.9 Å². The number of fused-ring (bicyclic) bond motifs is 1. The predicted molar refractivity (Wildman–Crippen MR) is 103 cm³/mol. The normalized spacial score (nSPS) is 19.6. The van der Waals surface area contributed by atoms with Gasteiger partial charge in [0.25, 0.3) is 17.7 Å². The molecule has 1 saturated heterocycles. The Bertz CT molecular complexity index is 919. The molecule has 0 radical (unpaired) electrons. The SMILES string of the molecule is C[C@H](NC(=O)c1ccc2c(c1)C(=O)N(C[C@H]1CCCO1)C2=O)c1ccccc1. The fraction of sp³-hybridized carbons (Fsp3) is 0.318. The van der Waals surface area contributed by atoms with Gasteiger partial charge in [-0.15, -0.1) is 0 Å². The number of carbonyl (C=O) groups is 3. The number of ether oxygens (including phenoxy) is 1. The molecule has 0 saturated carbocycles. The highest BCUT2D eigenvalue weighted by atomic mass is 16.5. The summed E-state index contributed by atoms with van der Waals surface area (Å²) in [5.41, 5.74) is 1.98. The minimum Gasteiger partial charge on any atom is -0.376 e. The third-order valence-electron chi connectivity index (χ3n) is 5.29. The second-order valence-corrected chi connectivity index (χ2v) is 7.22. The topological polar surface area (TPSA) is 75.7 Å². The van der Waals surface area contributed by atoms with Crippen LogP contribution in [0.5, 0.6) is 0 Å². The van der Waals surface area contributed by atoms with Crippen molar-refractivity contribution in [1.29, 1.82) is 0 Å². The molecule has 2 aromatic carbocycles. The lowest BCUT2D eigenvalue weighted by molar-refractivity contribution is 0.0475. The number of imide groups is 1. The lowest BCUT2D eigenvalue weighted by Gasteiger charge is -2.17. The van der Waals surface area contributed by atoms with Gasteiger partial charge in [0, 0.05) is 12.2 Å². The summed E-state index contributed by atoms with van der Waals surface area (Å²) in [6.45, 7) is 2.83. The Morgan fingerprint density at radius 1 is 1.14 bits per heavy atom. The van der Waals surface area contributed by atoms with E-state index >= 15 is 0 Å². The summed E-state index contributed by atoms with van der Waals surface area (Å²) in [6, 6.07) is 14.1. The summed E-state index contributed by atoms with van der Waals surface area (Å²) in [5, 5.41) is 2.93. The first-order valence-corrected chi connectivity index (χ1v) is 9.52. The highest BCUT2D eigenvalue weighted by Crippen LogP contribution is 2.26. The zero-order chi connectivity index (χ0) is 19.7. The fourth-order valence-corrected chi connectivity index (χ4v) is 3.69. The second kappa shape index (κ2) is 7.56. The Balaban J connectivity index is 1.50. The summed E-state index contributed by atoms with van der Waals surface area (Å²) in [4.78, 5) is 39.2. The van der Waals surface area contributed by atoms with E-state index in [1.807, 2.05) is 37.3 Å². The van der Waals surface area contributed by atoms with Crippen LogP contribution in [0, 0.1) is 0 Å². The van der Waals surface area contributed by atoms with Crippen molar-refractivity contribution in [3.8, 4) is 0 Å². The van der Waals surface area contributed by atoms with E-state index in [1.165, 1.54) is 11.0 Å². The van der Waals surface area contributed by atoms with Crippen molar-refractivity contribution in [2.24, 2.45) is 0 Å². The molecular formula is C22H22N2O4. The number of rotatable bonds is 5.